The number of aromatic nitrogens is 3. The molecular weight excluding hydrogens is 316 g/mol. The number of carbonyl (C=O) groups excluding carboxylic acids is 1. The summed E-state index contributed by atoms with van der Waals surface area (Å²) in [7, 11) is -0.946. The minimum Gasteiger partial charge on any atom is -0.473 e. The summed E-state index contributed by atoms with van der Waals surface area (Å²) in [5.74, 6) is -0.787. The van der Waals surface area contributed by atoms with Crippen LogP contribution in [0.3, 0.4) is 0 Å². The maximum absolute atomic E-state index is 12.2. The molecule has 0 radical (unpaired) electrons. The average Bonchev–Trinajstić information content (AvgIpc) is 2.93. The first-order valence-electron chi connectivity index (χ1n) is 5.84. The van der Waals surface area contributed by atoms with Crippen LogP contribution in [0, 0.1) is 13.8 Å². The van der Waals surface area contributed by atoms with E-state index >= 15 is 0 Å². The summed E-state index contributed by atoms with van der Waals surface area (Å²) in [5, 5.41) is 4.15. The summed E-state index contributed by atoms with van der Waals surface area (Å²) >= 11 is 0.850. The number of rotatable bonds is 4. The van der Waals surface area contributed by atoms with E-state index in [1.165, 1.54) is 24.8 Å². The number of nitrogens with one attached hydrogen (secondary N) is 1. The van der Waals surface area contributed by atoms with Crippen molar-refractivity contribution in [3.05, 3.63) is 23.1 Å². The van der Waals surface area contributed by atoms with Crippen molar-refractivity contribution in [3.8, 4) is 5.19 Å². The summed E-state index contributed by atoms with van der Waals surface area (Å²) in [4.78, 5) is 15.9. The Morgan fingerprint density at radius 2 is 2.10 bits per heavy atom. The second-order valence-electron chi connectivity index (χ2n) is 4.29. The average molecular weight is 330 g/mol. The molecule has 0 unspecified atom stereocenters. The molecule has 0 aromatic carbocycles. The second kappa shape index (κ2) is 5.45. The third kappa shape index (κ3) is 3.05. The fourth-order valence-corrected chi connectivity index (χ4v) is 3.86. The first kappa shape index (κ1) is 15.4. The number of amides is 1. The zero-order valence-corrected chi connectivity index (χ0v) is 13.5. The zero-order valence-electron chi connectivity index (χ0n) is 11.9. The molecule has 0 spiro atoms. The van der Waals surface area contributed by atoms with Crippen molar-refractivity contribution in [1.29, 1.82) is 0 Å². The molecule has 0 bridgehead atoms. The summed E-state index contributed by atoms with van der Waals surface area (Å²) in [6.07, 6.45) is 0. The van der Waals surface area contributed by atoms with Gasteiger partial charge in [-0.2, -0.15) is 5.10 Å². The number of hydrogen-bond acceptors (Lipinski definition) is 7. The maximum atomic E-state index is 12.2. The van der Waals surface area contributed by atoms with E-state index in [1.54, 1.807) is 14.0 Å². The fourth-order valence-electron chi connectivity index (χ4n) is 1.59. The van der Waals surface area contributed by atoms with Crippen molar-refractivity contribution in [2.24, 2.45) is 7.05 Å². The lowest BCUT2D eigenvalue weighted by atomic mass is 10.4. The Kier molecular flexibility index (Phi) is 4.01. The topological polar surface area (TPSA) is 103 Å². The minimum absolute atomic E-state index is 0.0349. The first-order chi connectivity index (χ1) is 9.74. The molecule has 0 saturated heterocycles. The second-order valence-corrected chi connectivity index (χ2v) is 7.13. The van der Waals surface area contributed by atoms with E-state index in [9.17, 15) is 13.2 Å². The van der Waals surface area contributed by atoms with Gasteiger partial charge in [0.1, 0.15) is 0 Å². The standard InChI is InChI=1S/C11H14N4O4S2/c1-6-5-8(13-15(6)3)9(16)14-21(17,18)10-7(2)12-11(19-4)20-10/h5H,1-4H3,(H,14,16). The van der Waals surface area contributed by atoms with Gasteiger partial charge in [0, 0.05) is 12.7 Å². The van der Waals surface area contributed by atoms with Crippen molar-refractivity contribution in [1.82, 2.24) is 19.5 Å². The minimum atomic E-state index is -4.00. The van der Waals surface area contributed by atoms with Gasteiger partial charge >= 0.3 is 0 Å². The van der Waals surface area contributed by atoms with E-state index in [1.807, 2.05) is 4.72 Å². The molecular formula is C11H14N4O4S2. The monoisotopic (exact) mass is 330 g/mol. The number of carbonyl (C=O) groups is 1. The van der Waals surface area contributed by atoms with Gasteiger partial charge < -0.3 is 4.74 Å². The van der Waals surface area contributed by atoms with E-state index in [2.05, 4.69) is 10.1 Å². The molecule has 2 aromatic heterocycles. The normalized spacial score (nSPS) is 11.4. The van der Waals surface area contributed by atoms with Gasteiger partial charge in [0.25, 0.3) is 21.1 Å². The van der Waals surface area contributed by atoms with Crippen molar-refractivity contribution >= 4 is 27.3 Å². The molecule has 0 saturated carbocycles. The first-order valence-corrected chi connectivity index (χ1v) is 8.13. The lowest BCUT2D eigenvalue weighted by Gasteiger charge is -2.03. The van der Waals surface area contributed by atoms with Crippen LogP contribution >= 0.6 is 11.3 Å². The number of methoxy groups -OCH3 is 1. The summed E-state index contributed by atoms with van der Waals surface area (Å²) in [6, 6.07) is 1.50. The maximum Gasteiger partial charge on any atom is 0.285 e. The molecule has 2 heterocycles. The predicted octanol–water partition coefficient (Wildman–Crippen LogP) is 0.621. The number of nitrogens with zero attached hydrogens (tertiary/aromatic N) is 3. The molecule has 0 atom stereocenters. The SMILES string of the molecule is COc1nc(C)c(S(=O)(=O)NC(=O)c2cc(C)n(C)n2)s1. The summed E-state index contributed by atoms with van der Waals surface area (Å²) in [6.45, 7) is 3.29. The van der Waals surface area contributed by atoms with Crippen LogP contribution in [0.15, 0.2) is 10.3 Å². The lowest BCUT2D eigenvalue weighted by molar-refractivity contribution is 0.0976. The third-order valence-electron chi connectivity index (χ3n) is 2.73. The van der Waals surface area contributed by atoms with Crippen LogP contribution in [-0.4, -0.2) is 36.2 Å². The van der Waals surface area contributed by atoms with Gasteiger partial charge in [0.2, 0.25) is 0 Å². The Morgan fingerprint density at radius 1 is 1.43 bits per heavy atom. The Morgan fingerprint density at radius 3 is 2.57 bits per heavy atom. The highest BCUT2D eigenvalue weighted by atomic mass is 32.2. The molecule has 114 valence electrons. The van der Waals surface area contributed by atoms with Crippen molar-refractivity contribution in [2.45, 2.75) is 18.1 Å². The van der Waals surface area contributed by atoms with E-state index in [-0.39, 0.29) is 20.8 Å². The van der Waals surface area contributed by atoms with Crippen molar-refractivity contribution in [3.63, 3.8) is 0 Å². The van der Waals surface area contributed by atoms with Crippen LogP contribution in [0.2, 0.25) is 0 Å². The number of ether oxygens (including phenoxy) is 1. The van der Waals surface area contributed by atoms with Gasteiger partial charge in [-0.1, -0.05) is 11.3 Å². The Hall–Kier alpha value is -1.94. The van der Waals surface area contributed by atoms with Crippen LogP contribution in [-0.2, 0) is 17.1 Å². The number of thiazole rings is 1. The molecule has 21 heavy (non-hydrogen) atoms. The molecule has 0 aliphatic rings. The molecule has 2 aromatic rings. The van der Waals surface area contributed by atoms with Gasteiger partial charge in [-0.3, -0.25) is 9.48 Å². The Bertz CT molecular complexity index is 772. The number of aryl methyl sites for hydroxylation is 3. The molecule has 8 nitrogen and oxygen atoms in total. The van der Waals surface area contributed by atoms with Gasteiger partial charge in [-0.25, -0.2) is 18.1 Å². The van der Waals surface area contributed by atoms with Gasteiger partial charge in [-0.15, -0.1) is 0 Å². The van der Waals surface area contributed by atoms with Crippen molar-refractivity contribution in [2.75, 3.05) is 7.11 Å². The number of hydrogen-bond donors (Lipinski definition) is 1. The van der Waals surface area contributed by atoms with Gasteiger partial charge in [0.05, 0.1) is 12.8 Å². The summed E-state index contributed by atoms with van der Waals surface area (Å²) in [5.41, 5.74) is 1.05. The van der Waals surface area contributed by atoms with Gasteiger partial charge in [0.15, 0.2) is 9.90 Å². The van der Waals surface area contributed by atoms with Crippen LogP contribution in [0.4, 0.5) is 0 Å². The Balaban J connectivity index is 2.28. The molecule has 1 N–H and O–H groups in total. The highest BCUT2D eigenvalue weighted by Gasteiger charge is 2.26. The highest BCUT2D eigenvalue weighted by Crippen LogP contribution is 2.28. The fraction of sp³-hybridized carbons (Fsp3) is 0.364. The largest absolute Gasteiger partial charge is 0.473 e. The molecule has 2 rings (SSSR count). The van der Waals surface area contributed by atoms with Crippen molar-refractivity contribution < 1.29 is 17.9 Å². The lowest BCUT2D eigenvalue weighted by Crippen LogP contribution is -2.30. The smallest absolute Gasteiger partial charge is 0.285 e. The van der Waals surface area contributed by atoms with E-state index in [4.69, 9.17) is 4.74 Å². The molecule has 0 aliphatic heterocycles. The van der Waals surface area contributed by atoms with Crippen LogP contribution in [0.1, 0.15) is 21.9 Å². The predicted molar refractivity (Wildman–Crippen MR) is 76.0 cm³/mol. The summed E-state index contributed by atoms with van der Waals surface area (Å²) < 4.78 is 32.7. The van der Waals surface area contributed by atoms with Crippen LogP contribution < -0.4 is 9.46 Å². The highest BCUT2D eigenvalue weighted by molar-refractivity contribution is 7.92. The molecule has 1 amide bonds. The van der Waals surface area contributed by atoms with E-state index in [0.717, 1.165) is 17.0 Å². The van der Waals surface area contributed by atoms with E-state index < -0.39 is 15.9 Å². The number of sulfonamides is 1. The third-order valence-corrected chi connectivity index (χ3v) is 5.79. The van der Waals surface area contributed by atoms with E-state index in [0.29, 0.717) is 0 Å². The Labute approximate surface area is 125 Å². The molecule has 0 fully saturated rings. The van der Waals surface area contributed by atoms with Gasteiger partial charge in [-0.05, 0) is 19.9 Å². The van der Waals surface area contributed by atoms with Crippen LogP contribution in [0.25, 0.3) is 0 Å². The molecule has 0 aliphatic carbocycles. The van der Waals surface area contributed by atoms with Crippen LogP contribution in [0.5, 0.6) is 5.19 Å². The molecule has 10 heteroatoms. The quantitative estimate of drug-likeness (QED) is 0.881. The zero-order chi connectivity index (χ0) is 15.8.